The van der Waals surface area contributed by atoms with Crippen LogP contribution in [0.4, 0.5) is 24.7 Å². The molecule has 38 heavy (non-hydrogen) atoms. The van der Waals surface area contributed by atoms with Crippen molar-refractivity contribution in [3.8, 4) is 16.9 Å². The van der Waals surface area contributed by atoms with E-state index >= 15 is 4.39 Å². The molecule has 1 aromatic heterocycles. The molecular formula is C25H20ClF3N4O4S. The lowest BCUT2D eigenvalue weighted by Crippen LogP contribution is -2.37. The Balaban J connectivity index is 1.63. The van der Waals surface area contributed by atoms with Crippen LogP contribution in [-0.4, -0.2) is 51.8 Å². The van der Waals surface area contributed by atoms with Crippen LogP contribution in [0.15, 0.2) is 53.4 Å². The predicted molar refractivity (Wildman–Crippen MR) is 137 cm³/mol. The number of fused-ring (bicyclic) bond motifs is 1. The van der Waals surface area contributed by atoms with Crippen molar-refractivity contribution in [2.24, 2.45) is 0 Å². The Bertz CT molecular complexity index is 1630. The summed E-state index contributed by atoms with van der Waals surface area (Å²) in [5, 5.41) is 0.539. The van der Waals surface area contributed by atoms with Crippen molar-refractivity contribution >= 4 is 44.0 Å². The standard InChI is InChI=1S/C25H20ClF3N4O4S/c1-36-20-13-14(12-16-22(20)30-25(26)31-24(16)33-8-10-37-11-9-33)15-4-2-7-19(21(15)29)32-38(34,35)23-17(27)5-3-6-18(23)28/h2-7,12-13,32H,8-11H2,1H3. The molecule has 1 fully saturated rings. The van der Waals surface area contributed by atoms with Crippen LogP contribution < -0.4 is 14.4 Å². The summed E-state index contributed by atoms with van der Waals surface area (Å²) < 4.78 is 82.4. The molecule has 4 aromatic rings. The first-order valence-electron chi connectivity index (χ1n) is 11.3. The molecule has 2 heterocycles. The average molecular weight is 565 g/mol. The highest BCUT2D eigenvalue weighted by atomic mass is 35.5. The molecule has 1 aliphatic rings. The van der Waals surface area contributed by atoms with Crippen LogP contribution in [0.25, 0.3) is 22.0 Å². The minimum Gasteiger partial charge on any atom is -0.494 e. The Morgan fingerprint density at radius 3 is 2.39 bits per heavy atom. The molecule has 13 heteroatoms. The molecule has 3 aromatic carbocycles. The number of rotatable bonds is 6. The summed E-state index contributed by atoms with van der Waals surface area (Å²) >= 11 is 6.19. The molecular weight excluding hydrogens is 545 g/mol. The smallest absolute Gasteiger partial charge is 0.267 e. The lowest BCUT2D eigenvalue weighted by Gasteiger charge is -2.29. The molecule has 1 aliphatic heterocycles. The SMILES string of the molecule is COc1cc(-c2cccc(NS(=O)(=O)c3c(F)cccc3F)c2F)cc2c(N3CCOCC3)nc(Cl)nc12. The van der Waals surface area contributed by atoms with Crippen molar-refractivity contribution in [1.29, 1.82) is 0 Å². The third-order valence-corrected chi connectivity index (χ3v) is 7.58. The van der Waals surface area contributed by atoms with E-state index in [2.05, 4.69) is 9.97 Å². The van der Waals surface area contributed by atoms with Crippen LogP contribution in [-0.2, 0) is 14.8 Å². The highest BCUT2D eigenvalue weighted by Crippen LogP contribution is 2.38. The zero-order chi connectivity index (χ0) is 27.0. The van der Waals surface area contributed by atoms with E-state index < -0.39 is 38.1 Å². The minimum atomic E-state index is -4.79. The molecule has 0 saturated carbocycles. The fourth-order valence-electron chi connectivity index (χ4n) is 4.25. The zero-order valence-electron chi connectivity index (χ0n) is 19.8. The second-order valence-corrected chi connectivity index (χ2v) is 10.3. The predicted octanol–water partition coefficient (Wildman–Crippen LogP) is 5.01. The second-order valence-electron chi connectivity index (χ2n) is 8.31. The van der Waals surface area contributed by atoms with Gasteiger partial charge in [-0.1, -0.05) is 18.2 Å². The topological polar surface area (TPSA) is 93.7 Å². The minimum absolute atomic E-state index is 0.00211. The van der Waals surface area contributed by atoms with Gasteiger partial charge in [-0.25, -0.2) is 26.6 Å². The largest absolute Gasteiger partial charge is 0.494 e. The Hall–Kier alpha value is -3.61. The molecule has 0 spiro atoms. The van der Waals surface area contributed by atoms with Gasteiger partial charge < -0.3 is 14.4 Å². The van der Waals surface area contributed by atoms with Gasteiger partial charge in [-0.15, -0.1) is 0 Å². The molecule has 198 valence electrons. The molecule has 1 N–H and O–H groups in total. The monoisotopic (exact) mass is 564 g/mol. The van der Waals surface area contributed by atoms with Gasteiger partial charge in [0, 0.05) is 24.0 Å². The Morgan fingerprint density at radius 2 is 1.71 bits per heavy atom. The quantitative estimate of drug-likeness (QED) is 0.329. The lowest BCUT2D eigenvalue weighted by atomic mass is 10.0. The number of nitrogens with zero attached hydrogens (tertiary/aromatic N) is 3. The first-order valence-corrected chi connectivity index (χ1v) is 13.2. The van der Waals surface area contributed by atoms with E-state index in [1.807, 2.05) is 9.62 Å². The highest BCUT2D eigenvalue weighted by Gasteiger charge is 2.26. The van der Waals surface area contributed by atoms with Crippen LogP contribution in [0.2, 0.25) is 5.28 Å². The van der Waals surface area contributed by atoms with Gasteiger partial charge in [0.25, 0.3) is 10.0 Å². The first kappa shape index (κ1) is 26.0. The lowest BCUT2D eigenvalue weighted by molar-refractivity contribution is 0.122. The number of sulfonamides is 1. The van der Waals surface area contributed by atoms with Crippen LogP contribution in [0.1, 0.15) is 0 Å². The number of methoxy groups -OCH3 is 1. The van der Waals surface area contributed by atoms with E-state index in [0.717, 1.165) is 24.3 Å². The molecule has 0 radical (unpaired) electrons. The van der Waals surface area contributed by atoms with Gasteiger partial charge in [0.05, 0.1) is 26.0 Å². The molecule has 0 atom stereocenters. The van der Waals surface area contributed by atoms with E-state index in [0.29, 0.717) is 48.6 Å². The summed E-state index contributed by atoms with van der Waals surface area (Å²) in [4.78, 5) is 9.43. The number of hydrogen-bond acceptors (Lipinski definition) is 7. The number of aromatic nitrogens is 2. The second kappa shape index (κ2) is 10.3. The van der Waals surface area contributed by atoms with Gasteiger partial charge in [-0.3, -0.25) is 4.72 Å². The number of benzene rings is 3. The van der Waals surface area contributed by atoms with Crippen molar-refractivity contribution in [3.63, 3.8) is 0 Å². The van der Waals surface area contributed by atoms with Gasteiger partial charge in [0.1, 0.15) is 28.7 Å². The summed E-state index contributed by atoms with van der Waals surface area (Å²) in [6.45, 7) is 2.07. The van der Waals surface area contributed by atoms with Crippen molar-refractivity contribution in [3.05, 3.63) is 71.3 Å². The molecule has 5 rings (SSSR count). The number of morpholine rings is 1. The van der Waals surface area contributed by atoms with Crippen molar-refractivity contribution in [1.82, 2.24) is 9.97 Å². The maximum atomic E-state index is 15.7. The van der Waals surface area contributed by atoms with E-state index in [-0.39, 0.29) is 16.6 Å². The summed E-state index contributed by atoms with van der Waals surface area (Å²) in [6, 6.07) is 9.79. The van der Waals surface area contributed by atoms with Crippen LogP contribution in [0.3, 0.4) is 0 Å². The summed E-state index contributed by atoms with van der Waals surface area (Å²) in [5.74, 6) is -2.77. The molecule has 8 nitrogen and oxygen atoms in total. The maximum absolute atomic E-state index is 15.7. The number of halogens is 4. The average Bonchev–Trinajstić information content (AvgIpc) is 2.89. The molecule has 0 bridgehead atoms. The third-order valence-electron chi connectivity index (χ3n) is 5.99. The van der Waals surface area contributed by atoms with Gasteiger partial charge in [-0.05, 0) is 47.5 Å². The number of hydrogen-bond donors (Lipinski definition) is 1. The van der Waals surface area contributed by atoms with Gasteiger partial charge in [0.2, 0.25) is 5.28 Å². The van der Waals surface area contributed by atoms with E-state index in [1.165, 1.54) is 25.3 Å². The summed E-state index contributed by atoms with van der Waals surface area (Å²) in [5.41, 5.74) is 0.239. The van der Waals surface area contributed by atoms with Gasteiger partial charge in [-0.2, -0.15) is 4.98 Å². The Morgan fingerprint density at radius 1 is 1.03 bits per heavy atom. The molecule has 1 saturated heterocycles. The Kier molecular flexibility index (Phi) is 7.03. The van der Waals surface area contributed by atoms with Crippen molar-refractivity contribution in [2.45, 2.75) is 4.90 Å². The van der Waals surface area contributed by atoms with Crippen LogP contribution in [0, 0.1) is 17.5 Å². The number of nitrogens with one attached hydrogen (secondary N) is 1. The van der Waals surface area contributed by atoms with Gasteiger partial charge >= 0.3 is 0 Å². The number of ether oxygens (including phenoxy) is 2. The number of anilines is 2. The van der Waals surface area contributed by atoms with Crippen molar-refractivity contribution < 1.29 is 31.1 Å². The first-order chi connectivity index (χ1) is 18.2. The van der Waals surface area contributed by atoms with Crippen molar-refractivity contribution in [2.75, 3.05) is 43.0 Å². The van der Waals surface area contributed by atoms with E-state index in [4.69, 9.17) is 21.1 Å². The van der Waals surface area contributed by atoms with Crippen LogP contribution in [0.5, 0.6) is 5.75 Å². The molecule has 0 aliphatic carbocycles. The van der Waals surface area contributed by atoms with Crippen LogP contribution >= 0.6 is 11.6 Å². The molecule has 0 unspecified atom stereocenters. The summed E-state index contributed by atoms with van der Waals surface area (Å²) in [7, 11) is -3.36. The van der Waals surface area contributed by atoms with Gasteiger partial charge in [0.15, 0.2) is 10.7 Å². The highest BCUT2D eigenvalue weighted by molar-refractivity contribution is 7.92. The van der Waals surface area contributed by atoms with E-state index in [9.17, 15) is 17.2 Å². The fourth-order valence-corrected chi connectivity index (χ4v) is 5.62. The zero-order valence-corrected chi connectivity index (χ0v) is 21.4. The normalized spacial score (nSPS) is 14.1. The fraction of sp³-hybridized carbons (Fsp3) is 0.200. The third kappa shape index (κ3) is 4.82. The van der Waals surface area contributed by atoms with E-state index in [1.54, 1.807) is 6.07 Å². The Labute approximate surface area is 221 Å². The summed E-state index contributed by atoms with van der Waals surface area (Å²) in [6.07, 6.45) is 0. The molecule has 0 amide bonds. The maximum Gasteiger partial charge on any atom is 0.267 e.